The van der Waals surface area contributed by atoms with E-state index in [2.05, 4.69) is 37.9 Å². The van der Waals surface area contributed by atoms with E-state index in [1.54, 1.807) is 7.11 Å². The summed E-state index contributed by atoms with van der Waals surface area (Å²) in [6.07, 6.45) is 7.85. The summed E-state index contributed by atoms with van der Waals surface area (Å²) in [5.41, 5.74) is 1.49. The molecule has 0 saturated carbocycles. The SMILES string of the molecule is CC.CCCN(C)C(C)C1=CC(OC)=CCC1. The molecule has 0 radical (unpaired) electrons. The molecule has 0 aromatic heterocycles. The summed E-state index contributed by atoms with van der Waals surface area (Å²) < 4.78 is 5.28. The van der Waals surface area contributed by atoms with Crippen LogP contribution >= 0.6 is 0 Å². The van der Waals surface area contributed by atoms with Crippen LogP contribution in [-0.2, 0) is 4.74 Å². The van der Waals surface area contributed by atoms with Gasteiger partial charge in [-0.2, -0.15) is 0 Å². The van der Waals surface area contributed by atoms with Crippen molar-refractivity contribution in [2.75, 3.05) is 20.7 Å². The van der Waals surface area contributed by atoms with E-state index in [9.17, 15) is 0 Å². The number of rotatable bonds is 5. The predicted octanol–water partition coefficient (Wildman–Crippen LogP) is 3.99. The Kier molecular flexibility index (Phi) is 8.87. The summed E-state index contributed by atoms with van der Waals surface area (Å²) in [6.45, 7) is 9.66. The van der Waals surface area contributed by atoms with E-state index in [4.69, 9.17) is 4.74 Å². The molecule has 0 aromatic carbocycles. The molecule has 1 rings (SSSR count). The maximum atomic E-state index is 5.28. The van der Waals surface area contributed by atoms with Gasteiger partial charge in [0.2, 0.25) is 0 Å². The fraction of sp³-hybridized carbons (Fsp3) is 0.733. The first-order valence-electron chi connectivity index (χ1n) is 6.83. The Labute approximate surface area is 107 Å². The molecule has 2 nitrogen and oxygen atoms in total. The highest BCUT2D eigenvalue weighted by Crippen LogP contribution is 2.22. The summed E-state index contributed by atoms with van der Waals surface area (Å²) in [5, 5.41) is 0. The van der Waals surface area contributed by atoms with Gasteiger partial charge in [-0.05, 0) is 57.5 Å². The number of methoxy groups -OCH3 is 1. The Bertz CT molecular complexity index is 256. The summed E-state index contributed by atoms with van der Waals surface area (Å²) >= 11 is 0. The minimum atomic E-state index is 0.531. The Hall–Kier alpha value is -0.760. The van der Waals surface area contributed by atoms with Crippen LogP contribution < -0.4 is 0 Å². The quantitative estimate of drug-likeness (QED) is 0.719. The molecule has 0 spiro atoms. The van der Waals surface area contributed by atoms with Crippen LogP contribution in [0.25, 0.3) is 0 Å². The van der Waals surface area contributed by atoms with Crippen molar-refractivity contribution in [3.8, 4) is 0 Å². The lowest BCUT2D eigenvalue weighted by Crippen LogP contribution is -2.31. The minimum Gasteiger partial charge on any atom is -0.497 e. The molecule has 100 valence electrons. The van der Waals surface area contributed by atoms with Crippen LogP contribution in [0.5, 0.6) is 0 Å². The van der Waals surface area contributed by atoms with Crippen LogP contribution in [0.15, 0.2) is 23.5 Å². The minimum absolute atomic E-state index is 0.531. The molecule has 0 aromatic rings. The van der Waals surface area contributed by atoms with Gasteiger partial charge in [0.1, 0.15) is 5.76 Å². The van der Waals surface area contributed by atoms with Crippen LogP contribution in [0.3, 0.4) is 0 Å². The van der Waals surface area contributed by atoms with Gasteiger partial charge < -0.3 is 4.74 Å². The van der Waals surface area contributed by atoms with Crippen LogP contribution in [-0.4, -0.2) is 31.6 Å². The first-order chi connectivity index (χ1) is 8.19. The van der Waals surface area contributed by atoms with Crippen LogP contribution in [0.1, 0.15) is 47.0 Å². The molecule has 17 heavy (non-hydrogen) atoms. The van der Waals surface area contributed by atoms with Gasteiger partial charge in [-0.1, -0.05) is 20.8 Å². The van der Waals surface area contributed by atoms with E-state index in [0.717, 1.165) is 18.7 Å². The topological polar surface area (TPSA) is 12.5 Å². The van der Waals surface area contributed by atoms with Crippen molar-refractivity contribution in [2.24, 2.45) is 0 Å². The van der Waals surface area contributed by atoms with E-state index < -0.39 is 0 Å². The summed E-state index contributed by atoms with van der Waals surface area (Å²) in [5.74, 6) is 1.02. The average molecular weight is 239 g/mol. The first kappa shape index (κ1) is 16.2. The van der Waals surface area contributed by atoms with Gasteiger partial charge in [0.05, 0.1) is 7.11 Å². The Morgan fingerprint density at radius 3 is 2.59 bits per heavy atom. The number of allylic oxidation sites excluding steroid dienone is 2. The smallest absolute Gasteiger partial charge is 0.114 e. The highest BCUT2D eigenvalue weighted by atomic mass is 16.5. The van der Waals surface area contributed by atoms with Crippen molar-refractivity contribution in [3.63, 3.8) is 0 Å². The van der Waals surface area contributed by atoms with Gasteiger partial charge in [-0.15, -0.1) is 0 Å². The first-order valence-corrected chi connectivity index (χ1v) is 6.83. The van der Waals surface area contributed by atoms with Crippen LogP contribution in [0.4, 0.5) is 0 Å². The second-order valence-corrected chi connectivity index (χ2v) is 4.23. The molecular weight excluding hydrogens is 210 g/mol. The molecule has 0 fully saturated rings. The molecule has 1 aliphatic carbocycles. The maximum Gasteiger partial charge on any atom is 0.114 e. The zero-order valence-electron chi connectivity index (χ0n) is 12.4. The third-order valence-corrected chi connectivity index (χ3v) is 3.12. The zero-order valence-corrected chi connectivity index (χ0v) is 12.4. The molecule has 0 N–H and O–H groups in total. The predicted molar refractivity (Wildman–Crippen MR) is 76.1 cm³/mol. The van der Waals surface area contributed by atoms with Crippen molar-refractivity contribution in [2.45, 2.75) is 53.0 Å². The number of hydrogen-bond donors (Lipinski definition) is 0. The van der Waals surface area contributed by atoms with E-state index in [0.29, 0.717) is 6.04 Å². The third kappa shape index (κ3) is 5.40. The lowest BCUT2D eigenvalue weighted by Gasteiger charge is -2.28. The molecule has 0 saturated heterocycles. The fourth-order valence-electron chi connectivity index (χ4n) is 2.00. The molecule has 0 amide bonds. The van der Waals surface area contributed by atoms with Gasteiger partial charge in [0, 0.05) is 6.04 Å². The second-order valence-electron chi connectivity index (χ2n) is 4.23. The summed E-state index contributed by atoms with van der Waals surface area (Å²) in [7, 11) is 3.94. The van der Waals surface area contributed by atoms with Crippen LogP contribution in [0, 0.1) is 0 Å². The van der Waals surface area contributed by atoms with Crippen molar-refractivity contribution < 1.29 is 4.74 Å². The van der Waals surface area contributed by atoms with E-state index >= 15 is 0 Å². The van der Waals surface area contributed by atoms with E-state index in [1.165, 1.54) is 18.4 Å². The van der Waals surface area contributed by atoms with Gasteiger partial charge in [0.15, 0.2) is 0 Å². The number of likely N-dealkylation sites (N-methyl/N-ethyl adjacent to an activating group) is 1. The van der Waals surface area contributed by atoms with Crippen molar-refractivity contribution in [1.82, 2.24) is 4.90 Å². The highest BCUT2D eigenvalue weighted by Gasteiger charge is 2.15. The van der Waals surface area contributed by atoms with Crippen LogP contribution in [0.2, 0.25) is 0 Å². The van der Waals surface area contributed by atoms with Crippen molar-refractivity contribution >= 4 is 0 Å². The van der Waals surface area contributed by atoms with E-state index in [-0.39, 0.29) is 0 Å². The maximum absolute atomic E-state index is 5.28. The van der Waals surface area contributed by atoms with Crippen molar-refractivity contribution in [1.29, 1.82) is 0 Å². The Morgan fingerprint density at radius 1 is 1.41 bits per heavy atom. The largest absolute Gasteiger partial charge is 0.497 e. The fourth-order valence-corrected chi connectivity index (χ4v) is 2.00. The van der Waals surface area contributed by atoms with Gasteiger partial charge in [-0.3, -0.25) is 4.90 Å². The number of nitrogens with zero attached hydrogens (tertiary/aromatic N) is 1. The lowest BCUT2D eigenvalue weighted by molar-refractivity contribution is 0.274. The molecule has 2 heteroatoms. The molecule has 1 aliphatic rings. The normalized spacial score (nSPS) is 16.6. The molecule has 0 aliphatic heterocycles. The molecule has 0 heterocycles. The van der Waals surface area contributed by atoms with Gasteiger partial charge in [-0.25, -0.2) is 0 Å². The average Bonchev–Trinajstić information content (AvgIpc) is 2.40. The zero-order chi connectivity index (χ0) is 13.3. The standard InChI is InChI=1S/C13H23NO.C2H6/c1-5-9-14(3)11(2)12-7-6-8-13(10-12)15-4;1-2/h8,10-11H,5-7,9H2,1-4H3;1-2H3. The highest BCUT2D eigenvalue weighted by molar-refractivity contribution is 5.26. The van der Waals surface area contributed by atoms with Gasteiger partial charge in [0.25, 0.3) is 0 Å². The Balaban J connectivity index is 0.00000121. The van der Waals surface area contributed by atoms with E-state index in [1.807, 2.05) is 13.8 Å². The molecular formula is C15H29NO. The molecule has 1 unspecified atom stereocenters. The summed E-state index contributed by atoms with van der Waals surface area (Å²) in [4.78, 5) is 2.41. The molecule has 1 atom stereocenters. The van der Waals surface area contributed by atoms with Crippen molar-refractivity contribution in [3.05, 3.63) is 23.5 Å². The third-order valence-electron chi connectivity index (χ3n) is 3.12. The summed E-state index contributed by atoms with van der Waals surface area (Å²) in [6, 6.07) is 0.531. The second kappa shape index (κ2) is 9.29. The monoisotopic (exact) mass is 239 g/mol. The number of hydrogen-bond acceptors (Lipinski definition) is 2. The number of ether oxygens (including phenoxy) is 1. The Morgan fingerprint density at radius 2 is 2.06 bits per heavy atom. The lowest BCUT2D eigenvalue weighted by atomic mass is 9.97. The molecule has 0 bridgehead atoms. The van der Waals surface area contributed by atoms with Gasteiger partial charge >= 0.3 is 0 Å².